The van der Waals surface area contributed by atoms with Crippen molar-refractivity contribution in [3.8, 4) is 11.5 Å². The Balaban J connectivity index is 2.30. The molecule has 104 valence electrons. The van der Waals surface area contributed by atoms with Crippen LogP contribution in [0.4, 0.5) is 0 Å². The van der Waals surface area contributed by atoms with Gasteiger partial charge >= 0.3 is 0 Å². The summed E-state index contributed by atoms with van der Waals surface area (Å²) in [5.41, 5.74) is 0.768. The van der Waals surface area contributed by atoms with Crippen LogP contribution in [-0.2, 0) is 0 Å². The van der Waals surface area contributed by atoms with Gasteiger partial charge in [-0.3, -0.25) is 0 Å². The zero-order chi connectivity index (χ0) is 14.4. The van der Waals surface area contributed by atoms with Gasteiger partial charge in [0.25, 0.3) is 0 Å². The standard InChI is InChI=1S/C17H13NO3/c1-19-15-7-12-10-5-3-4-6-11(10)14-9-18-21-17(14)13(12)8-16(15)20-2/h3-9H,1-2H3. The maximum atomic E-state index is 5.47. The lowest BCUT2D eigenvalue weighted by molar-refractivity contribution is 0.356. The molecule has 0 aliphatic carbocycles. The van der Waals surface area contributed by atoms with Gasteiger partial charge in [-0.15, -0.1) is 0 Å². The molecular formula is C17H13NO3. The van der Waals surface area contributed by atoms with Gasteiger partial charge in [0.15, 0.2) is 17.1 Å². The summed E-state index contributed by atoms with van der Waals surface area (Å²) < 4.78 is 16.3. The normalized spacial score (nSPS) is 11.3. The van der Waals surface area contributed by atoms with Crippen molar-refractivity contribution in [3.05, 3.63) is 42.6 Å². The molecule has 0 aliphatic heterocycles. The van der Waals surface area contributed by atoms with Gasteiger partial charge in [-0.05, 0) is 28.3 Å². The van der Waals surface area contributed by atoms with E-state index >= 15 is 0 Å². The first kappa shape index (κ1) is 12.0. The van der Waals surface area contributed by atoms with Crippen molar-refractivity contribution >= 4 is 32.5 Å². The molecule has 0 spiro atoms. The number of hydrogen-bond donors (Lipinski definition) is 0. The van der Waals surface area contributed by atoms with Crippen molar-refractivity contribution in [1.82, 2.24) is 5.16 Å². The minimum Gasteiger partial charge on any atom is -0.493 e. The highest BCUT2D eigenvalue weighted by Crippen LogP contribution is 2.40. The van der Waals surface area contributed by atoms with Crippen molar-refractivity contribution in [3.63, 3.8) is 0 Å². The Morgan fingerprint density at radius 1 is 0.810 bits per heavy atom. The number of fused-ring (bicyclic) bond motifs is 6. The van der Waals surface area contributed by atoms with Gasteiger partial charge < -0.3 is 14.0 Å². The highest BCUT2D eigenvalue weighted by atomic mass is 16.5. The maximum absolute atomic E-state index is 5.47. The molecule has 0 saturated carbocycles. The van der Waals surface area contributed by atoms with Crippen LogP contribution < -0.4 is 9.47 Å². The number of hydrogen-bond acceptors (Lipinski definition) is 4. The Labute approximate surface area is 120 Å². The van der Waals surface area contributed by atoms with E-state index in [2.05, 4.69) is 17.3 Å². The SMILES string of the molecule is COc1cc2c3ccccc3c3cnoc3c2cc1OC. The average molecular weight is 279 g/mol. The molecule has 0 bridgehead atoms. The van der Waals surface area contributed by atoms with Crippen LogP contribution in [0.15, 0.2) is 47.1 Å². The second kappa shape index (κ2) is 4.38. The molecule has 0 amide bonds. The van der Waals surface area contributed by atoms with Crippen molar-refractivity contribution in [2.45, 2.75) is 0 Å². The van der Waals surface area contributed by atoms with E-state index < -0.39 is 0 Å². The highest BCUT2D eigenvalue weighted by molar-refractivity contribution is 6.23. The van der Waals surface area contributed by atoms with Crippen LogP contribution in [0.25, 0.3) is 32.5 Å². The van der Waals surface area contributed by atoms with Crippen molar-refractivity contribution < 1.29 is 14.0 Å². The molecular weight excluding hydrogens is 266 g/mol. The molecule has 4 aromatic rings. The Morgan fingerprint density at radius 3 is 2.10 bits per heavy atom. The predicted molar refractivity (Wildman–Crippen MR) is 82.1 cm³/mol. The predicted octanol–water partition coefficient (Wildman–Crippen LogP) is 4.15. The number of methoxy groups -OCH3 is 2. The maximum Gasteiger partial charge on any atom is 0.175 e. The van der Waals surface area contributed by atoms with Crippen LogP contribution in [0.3, 0.4) is 0 Å². The number of aromatic nitrogens is 1. The zero-order valence-corrected chi connectivity index (χ0v) is 11.7. The molecule has 0 radical (unpaired) electrons. The van der Waals surface area contributed by atoms with E-state index in [4.69, 9.17) is 14.0 Å². The molecule has 4 rings (SSSR count). The van der Waals surface area contributed by atoms with Gasteiger partial charge in [-0.1, -0.05) is 29.4 Å². The van der Waals surface area contributed by atoms with Gasteiger partial charge in [0.2, 0.25) is 0 Å². The number of rotatable bonds is 2. The minimum atomic E-state index is 0.679. The van der Waals surface area contributed by atoms with E-state index in [1.165, 1.54) is 0 Å². The summed E-state index contributed by atoms with van der Waals surface area (Å²) in [5, 5.41) is 9.25. The van der Waals surface area contributed by atoms with Crippen molar-refractivity contribution in [1.29, 1.82) is 0 Å². The summed E-state index contributed by atoms with van der Waals surface area (Å²) in [7, 11) is 3.27. The van der Waals surface area contributed by atoms with E-state index in [1.54, 1.807) is 20.4 Å². The molecule has 1 aromatic heterocycles. The van der Waals surface area contributed by atoms with E-state index in [-0.39, 0.29) is 0 Å². The summed E-state index contributed by atoms with van der Waals surface area (Å²) in [6.07, 6.45) is 1.76. The fourth-order valence-electron chi connectivity index (χ4n) is 2.87. The van der Waals surface area contributed by atoms with Crippen molar-refractivity contribution in [2.75, 3.05) is 14.2 Å². The van der Waals surface area contributed by atoms with Gasteiger partial charge in [0.05, 0.1) is 25.8 Å². The first-order valence-electron chi connectivity index (χ1n) is 6.64. The Morgan fingerprint density at radius 2 is 1.43 bits per heavy atom. The molecule has 0 N–H and O–H groups in total. The van der Waals surface area contributed by atoms with Crippen LogP contribution in [0.1, 0.15) is 0 Å². The Kier molecular flexibility index (Phi) is 2.51. The van der Waals surface area contributed by atoms with Crippen LogP contribution in [0.5, 0.6) is 11.5 Å². The third-order valence-corrected chi connectivity index (χ3v) is 3.85. The number of nitrogens with zero attached hydrogens (tertiary/aromatic N) is 1. The van der Waals surface area contributed by atoms with Gasteiger partial charge in [0, 0.05) is 5.39 Å². The molecule has 0 fully saturated rings. The fourth-order valence-corrected chi connectivity index (χ4v) is 2.87. The summed E-state index contributed by atoms with van der Waals surface area (Å²) in [6, 6.07) is 12.1. The lowest BCUT2D eigenvalue weighted by atomic mass is 9.98. The quantitative estimate of drug-likeness (QED) is 0.517. The summed E-state index contributed by atoms with van der Waals surface area (Å²) >= 11 is 0. The second-order valence-corrected chi connectivity index (χ2v) is 4.87. The first-order valence-corrected chi connectivity index (χ1v) is 6.64. The molecule has 0 atom stereocenters. The lowest BCUT2D eigenvalue weighted by Crippen LogP contribution is -1.91. The third kappa shape index (κ3) is 1.59. The van der Waals surface area contributed by atoms with E-state index in [1.807, 2.05) is 24.3 Å². The monoisotopic (exact) mass is 279 g/mol. The summed E-state index contributed by atoms with van der Waals surface area (Å²) in [5.74, 6) is 1.38. The topological polar surface area (TPSA) is 44.5 Å². The molecule has 3 aromatic carbocycles. The van der Waals surface area contributed by atoms with Gasteiger partial charge in [-0.25, -0.2) is 0 Å². The highest BCUT2D eigenvalue weighted by Gasteiger charge is 2.15. The molecule has 4 heteroatoms. The minimum absolute atomic E-state index is 0.679. The Bertz CT molecular complexity index is 972. The number of ether oxygens (including phenoxy) is 2. The average Bonchev–Trinajstić information content (AvgIpc) is 3.03. The van der Waals surface area contributed by atoms with Gasteiger partial charge in [0.1, 0.15) is 0 Å². The Hall–Kier alpha value is -2.75. The molecule has 0 aliphatic rings. The fraction of sp³-hybridized carbons (Fsp3) is 0.118. The van der Waals surface area contributed by atoms with E-state index in [0.29, 0.717) is 11.5 Å². The molecule has 21 heavy (non-hydrogen) atoms. The molecule has 0 unspecified atom stereocenters. The lowest BCUT2D eigenvalue weighted by Gasteiger charge is -2.11. The third-order valence-electron chi connectivity index (χ3n) is 3.85. The summed E-state index contributed by atoms with van der Waals surface area (Å²) in [4.78, 5) is 0. The van der Waals surface area contributed by atoms with Crippen LogP contribution in [0, 0.1) is 0 Å². The molecule has 4 nitrogen and oxygen atoms in total. The smallest absolute Gasteiger partial charge is 0.175 e. The second-order valence-electron chi connectivity index (χ2n) is 4.87. The molecule has 0 saturated heterocycles. The van der Waals surface area contributed by atoms with E-state index in [0.717, 1.165) is 32.5 Å². The van der Waals surface area contributed by atoms with Crippen molar-refractivity contribution in [2.24, 2.45) is 0 Å². The molecule has 1 heterocycles. The first-order chi connectivity index (χ1) is 10.3. The zero-order valence-electron chi connectivity index (χ0n) is 11.7. The van der Waals surface area contributed by atoms with Crippen LogP contribution >= 0.6 is 0 Å². The number of benzene rings is 3. The largest absolute Gasteiger partial charge is 0.493 e. The van der Waals surface area contributed by atoms with E-state index in [9.17, 15) is 0 Å². The van der Waals surface area contributed by atoms with Gasteiger partial charge in [-0.2, -0.15) is 0 Å². The summed E-state index contributed by atoms with van der Waals surface area (Å²) in [6.45, 7) is 0. The van der Waals surface area contributed by atoms with Crippen LogP contribution in [-0.4, -0.2) is 19.4 Å². The van der Waals surface area contributed by atoms with Crippen LogP contribution in [0.2, 0.25) is 0 Å².